The highest BCUT2D eigenvalue weighted by molar-refractivity contribution is 6.07. The van der Waals surface area contributed by atoms with Gasteiger partial charge >= 0.3 is 0 Å². The summed E-state index contributed by atoms with van der Waals surface area (Å²) in [5.74, 6) is 1.18. The Hall–Kier alpha value is -2.04. The number of methoxy groups -OCH3 is 1. The number of rotatable bonds is 2. The van der Waals surface area contributed by atoms with Crippen molar-refractivity contribution in [1.29, 1.82) is 0 Å². The number of carbonyl (C=O) groups is 2. The number of likely N-dealkylation sites (tertiary alicyclic amines) is 1. The van der Waals surface area contributed by atoms with E-state index in [0.29, 0.717) is 19.5 Å². The Labute approximate surface area is 129 Å². The highest BCUT2D eigenvalue weighted by Gasteiger charge is 2.52. The summed E-state index contributed by atoms with van der Waals surface area (Å²) in [4.78, 5) is 27.0. The maximum atomic E-state index is 12.6. The molecular formula is C17H20N2O3. The van der Waals surface area contributed by atoms with Crippen molar-refractivity contribution in [2.24, 2.45) is 5.92 Å². The number of benzene rings is 1. The minimum atomic E-state index is -0.594. The van der Waals surface area contributed by atoms with Crippen molar-refractivity contribution in [3.8, 4) is 5.75 Å². The summed E-state index contributed by atoms with van der Waals surface area (Å²) in [6.07, 6.45) is 3.84. The Morgan fingerprint density at radius 2 is 2.23 bits per heavy atom. The smallest absolute Gasteiger partial charge is 0.237 e. The van der Waals surface area contributed by atoms with Gasteiger partial charge in [-0.05, 0) is 43.0 Å². The molecule has 1 N–H and O–H groups in total. The molecule has 22 heavy (non-hydrogen) atoms. The van der Waals surface area contributed by atoms with Crippen molar-refractivity contribution >= 4 is 17.5 Å². The molecule has 1 aromatic rings. The van der Waals surface area contributed by atoms with Crippen molar-refractivity contribution in [3.63, 3.8) is 0 Å². The topological polar surface area (TPSA) is 58.6 Å². The van der Waals surface area contributed by atoms with Crippen LogP contribution in [-0.4, -0.2) is 36.9 Å². The molecule has 5 nitrogen and oxygen atoms in total. The van der Waals surface area contributed by atoms with E-state index in [-0.39, 0.29) is 17.7 Å². The molecule has 1 aromatic carbocycles. The normalized spacial score (nSPS) is 26.8. The minimum Gasteiger partial charge on any atom is -0.497 e. The van der Waals surface area contributed by atoms with E-state index >= 15 is 0 Å². The van der Waals surface area contributed by atoms with Crippen LogP contribution in [0.3, 0.4) is 0 Å². The van der Waals surface area contributed by atoms with Crippen molar-refractivity contribution < 1.29 is 14.3 Å². The van der Waals surface area contributed by atoms with Crippen LogP contribution in [0.15, 0.2) is 18.2 Å². The summed E-state index contributed by atoms with van der Waals surface area (Å²) in [6, 6.07) is 5.67. The van der Waals surface area contributed by atoms with Crippen LogP contribution in [0.4, 0.5) is 5.69 Å². The fourth-order valence-corrected chi connectivity index (χ4v) is 3.84. The first-order valence-corrected chi connectivity index (χ1v) is 7.93. The number of fused-ring (bicyclic) bond motifs is 2. The van der Waals surface area contributed by atoms with E-state index in [2.05, 4.69) is 5.32 Å². The molecule has 1 atom stereocenters. The molecular weight excluding hydrogens is 280 g/mol. The van der Waals surface area contributed by atoms with Crippen LogP contribution in [0.25, 0.3) is 0 Å². The first-order chi connectivity index (χ1) is 10.6. The highest BCUT2D eigenvalue weighted by Crippen LogP contribution is 2.46. The van der Waals surface area contributed by atoms with Gasteiger partial charge in [0.25, 0.3) is 0 Å². The largest absolute Gasteiger partial charge is 0.497 e. The lowest BCUT2D eigenvalue weighted by Crippen LogP contribution is -2.42. The molecule has 2 amide bonds. The van der Waals surface area contributed by atoms with Gasteiger partial charge in [-0.1, -0.05) is 6.42 Å². The van der Waals surface area contributed by atoms with E-state index in [9.17, 15) is 9.59 Å². The Balaban J connectivity index is 1.65. The summed E-state index contributed by atoms with van der Waals surface area (Å²) in [7, 11) is 1.62. The third-order valence-corrected chi connectivity index (χ3v) is 5.46. The van der Waals surface area contributed by atoms with Crippen molar-refractivity contribution in [1.82, 2.24) is 4.90 Å². The number of nitrogens with zero attached hydrogens (tertiary/aromatic N) is 1. The molecule has 2 heterocycles. The predicted molar refractivity (Wildman–Crippen MR) is 81.8 cm³/mol. The third kappa shape index (κ3) is 1.77. The summed E-state index contributed by atoms with van der Waals surface area (Å²) in [6.45, 7) is 1.16. The van der Waals surface area contributed by atoms with Crippen molar-refractivity contribution in [3.05, 3.63) is 23.8 Å². The average Bonchev–Trinajstić information content (AvgIpc) is 3.02. The van der Waals surface area contributed by atoms with E-state index in [1.54, 1.807) is 7.11 Å². The van der Waals surface area contributed by atoms with Gasteiger partial charge in [-0.15, -0.1) is 0 Å². The molecule has 116 valence electrons. The fraction of sp³-hybridized carbons (Fsp3) is 0.529. The number of hydrogen-bond acceptors (Lipinski definition) is 3. The number of ether oxygens (including phenoxy) is 1. The SMILES string of the molecule is COc1ccc2c(c1)[C@]1(CCN(C(=O)C3CCC3)C1)C(=O)N2. The first-order valence-electron chi connectivity index (χ1n) is 7.93. The average molecular weight is 300 g/mol. The van der Waals surface area contributed by atoms with Gasteiger partial charge in [0.05, 0.1) is 12.5 Å². The van der Waals surface area contributed by atoms with Crippen LogP contribution in [0.2, 0.25) is 0 Å². The van der Waals surface area contributed by atoms with Gasteiger partial charge in [-0.3, -0.25) is 9.59 Å². The second kappa shape index (κ2) is 4.73. The van der Waals surface area contributed by atoms with Gasteiger partial charge in [0.15, 0.2) is 0 Å². The second-order valence-electron chi connectivity index (χ2n) is 6.59. The zero-order chi connectivity index (χ0) is 15.3. The van der Waals surface area contributed by atoms with E-state index in [4.69, 9.17) is 4.74 Å². The number of carbonyl (C=O) groups excluding carboxylic acids is 2. The quantitative estimate of drug-likeness (QED) is 0.908. The van der Waals surface area contributed by atoms with Crippen molar-refractivity contribution in [2.45, 2.75) is 31.1 Å². The van der Waals surface area contributed by atoms with Crippen LogP contribution in [0.1, 0.15) is 31.2 Å². The standard InChI is InChI=1S/C17H20N2O3/c1-22-12-5-6-14-13(9-12)17(16(21)18-14)7-8-19(10-17)15(20)11-3-2-4-11/h5-6,9,11H,2-4,7-8,10H2,1H3,(H,18,21)/t17-/m1/s1. The molecule has 4 rings (SSSR count). The van der Waals surface area contributed by atoms with Crippen molar-refractivity contribution in [2.75, 3.05) is 25.5 Å². The highest BCUT2D eigenvalue weighted by atomic mass is 16.5. The molecule has 0 unspecified atom stereocenters. The lowest BCUT2D eigenvalue weighted by Gasteiger charge is -2.30. The molecule has 1 saturated heterocycles. The Bertz CT molecular complexity index is 653. The lowest BCUT2D eigenvalue weighted by molar-refractivity contribution is -0.137. The van der Waals surface area contributed by atoms with Crippen LogP contribution in [0, 0.1) is 5.92 Å². The molecule has 1 aliphatic carbocycles. The monoisotopic (exact) mass is 300 g/mol. The first kappa shape index (κ1) is 13.6. The Kier molecular flexibility index (Phi) is 2.93. The molecule has 1 spiro atoms. The van der Waals surface area contributed by atoms with Crippen LogP contribution >= 0.6 is 0 Å². The molecule has 5 heteroatoms. The number of hydrogen-bond donors (Lipinski definition) is 1. The summed E-state index contributed by atoms with van der Waals surface area (Å²) >= 11 is 0. The van der Waals surface area contributed by atoms with Crippen LogP contribution < -0.4 is 10.1 Å². The lowest BCUT2D eigenvalue weighted by atomic mass is 9.80. The molecule has 2 fully saturated rings. The molecule has 3 aliphatic rings. The summed E-state index contributed by atoms with van der Waals surface area (Å²) < 4.78 is 5.30. The number of anilines is 1. The van der Waals surface area contributed by atoms with Gasteiger partial charge in [0.2, 0.25) is 11.8 Å². The Morgan fingerprint density at radius 1 is 1.41 bits per heavy atom. The summed E-state index contributed by atoms with van der Waals surface area (Å²) in [5, 5.41) is 2.97. The van der Waals surface area contributed by atoms with E-state index in [1.807, 2.05) is 23.1 Å². The number of amides is 2. The van der Waals surface area contributed by atoms with Gasteiger partial charge < -0.3 is 15.0 Å². The van der Waals surface area contributed by atoms with Gasteiger partial charge in [-0.2, -0.15) is 0 Å². The molecule has 1 saturated carbocycles. The fourth-order valence-electron chi connectivity index (χ4n) is 3.84. The van der Waals surface area contributed by atoms with Gasteiger partial charge in [-0.25, -0.2) is 0 Å². The third-order valence-electron chi connectivity index (χ3n) is 5.46. The van der Waals surface area contributed by atoms with Crippen LogP contribution in [-0.2, 0) is 15.0 Å². The second-order valence-corrected chi connectivity index (χ2v) is 6.59. The molecule has 0 radical (unpaired) electrons. The van der Waals surface area contributed by atoms with E-state index < -0.39 is 5.41 Å². The number of nitrogens with one attached hydrogen (secondary N) is 1. The zero-order valence-electron chi connectivity index (χ0n) is 12.7. The predicted octanol–water partition coefficient (Wildman–Crippen LogP) is 1.92. The van der Waals surface area contributed by atoms with Gasteiger partial charge in [0.1, 0.15) is 5.75 Å². The molecule has 2 aliphatic heterocycles. The molecule has 0 bridgehead atoms. The maximum Gasteiger partial charge on any atom is 0.237 e. The van der Waals surface area contributed by atoms with E-state index in [0.717, 1.165) is 36.3 Å². The zero-order valence-corrected chi connectivity index (χ0v) is 12.7. The Morgan fingerprint density at radius 3 is 2.91 bits per heavy atom. The summed E-state index contributed by atoms with van der Waals surface area (Å²) in [5.41, 5.74) is 1.23. The minimum absolute atomic E-state index is 0.0136. The molecule has 0 aromatic heterocycles. The van der Waals surface area contributed by atoms with Crippen LogP contribution in [0.5, 0.6) is 5.75 Å². The van der Waals surface area contributed by atoms with Gasteiger partial charge in [0, 0.05) is 24.7 Å². The van der Waals surface area contributed by atoms with E-state index in [1.165, 1.54) is 0 Å². The maximum absolute atomic E-state index is 12.6.